The molecule has 2 aromatic carbocycles. The minimum Gasteiger partial charge on any atom is -0.493 e. The van der Waals surface area contributed by atoms with E-state index in [9.17, 15) is 4.79 Å². The molecule has 0 aromatic heterocycles. The van der Waals surface area contributed by atoms with Crippen molar-refractivity contribution >= 4 is 23.5 Å². The molecule has 148 valence electrons. The van der Waals surface area contributed by atoms with Crippen molar-refractivity contribution in [3.63, 3.8) is 0 Å². The molecule has 1 amide bonds. The standard InChI is InChI=1S/C21H25ClN4O2/c1-23-21(25-10-8-15-2-7-19-17(14-15)9-13-28-19)26-12-11-24-20(27)16-3-5-18(22)6-4-16/h2-7,14H,8-13H2,1H3,(H,24,27)(H2,23,25,26). The van der Waals surface area contributed by atoms with Gasteiger partial charge >= 0.3 is 0 Å². The predicted molar refractivity (Wildman–Crippen MR) is 112 cm³/mol. The molecule has 0 bridgehead atoms. The van der Waals surface area contributed by atoms with Gasteiger partial charge in [-0.1, -0.05) is 23.7 Å². The predicted octanol–water partition coefficient (Wildman–Crippen LogP) is 2.41. The third kappa shape index (κ3) is 5.63. The first-order chi connectivity index (χ1) is 13.7. The van der Waals surface area contributed by atoms with Gasteiger partial charge in [0.25, 0.3) is 5.91 Å². The summed E-state index contributed by atoms with van der Waals surface area (Å²) in [5, 5.41) is 9.97. The maximum atomic E-state index is 12.0. The SMILES string of the molecule is CN=C(NCCNC(=O)c1ccc(Cl)cc1)NCCc1ccc2c(c1)CCO2. The lowest BCUT2D eigenvalue weighted by molar-refractivity contribution is 0.0954. The Morgan fingerprint density at radius 1 is 1.07 bits per heavy atom. The zero-order valence-corrected chi connectivity index (χ0v) is 16.7. The van der Waals surface area contributed by atoms with E-state index in [0.29, 0.717) is 29.6 Å². The number of aliphatic imine (C=N–C) groups is 1. The van der Waals surface area contributed by atoms with Crippen molar-refractivity contribution in [1.82, 2.24) is 16.0 Å². The molecule has 1 aliphatic rings. The fraction of sp³-hybridized carbons (Fsp3) is 0.333. The van der Waals surface area contributed by atoms with Crippen molar-refractivity contribution in [2.24, 2.45) is 4.99 Å². The number of nitrogens with zero attached hydrogens (tertiary/aromatic N) is 1. The van der Waals surface area contributed by atoms with Crippen LogP contribution in [0.3, 0.4) is 0 Å². The van der Waals surface area contributed by atoms with Crippen LogP contribution in [0.1, 0.15) is 21.5 Å². The number of carbonyl (C=O) groups excluding carboxylic acids is 1. The highest BCUT2D eigenvalue weighted by Crippen LogP contribution is 2.25. The molecule has 0 aliphatic carbocycles. The second kappa shape index (κ2) is 9.99. The Labute approximate surface area is 170 Å². The Hall–Kier alpha value is -2.73. The number of nitrogens with one attached hydrogen (secondary N) is 3. The zero-order valence-electron chi connectivity index (χ0n) is 15.9. The summed E-state index contributed by atoms with van der Waals surface area (Å²) in [4.78, 5) is 16.3. The maximum Gasteiger partial charge on any atom is 0.251 e. The van der Waals surface area contributed by atoms with Crippen LogP contribution < -0.4 is 20.7 Å². The minimum absolute atomic E-state index is 0.123. The van der Waals surface area contributed by atoms with Gasteiger partial charge < -0.3 is 20.7 Å². The molecule has 0 atom stereocenters. The van der Waals surface area contributed by atoms with Crippen molar-refractivity contribution in [1.29, 1.82) is 0 Å². The second-order valence-electron chi connectivity index (χ2n) is 6.48. The van der Waals surface area contributed by atoms with E-state index in [1.807, 2.05) is 6.07 Å². The van der Waals surface area contributed by atoms with Crippen LogP contribution in [-0.2, 0) is 12.8 Å². The molecule has 0 saturated carbocycles. The highest BCUT2D eigenvalue weighted by Gasteiger charge is 2.11. The first kappa shape index (κ1) is 20.0. The molecule has 2 aromatic rings. The lowest BCUT2D eigenvalue weighted by Crippen LogP contribution is -2.42. The number of guanidine groups is 1. The van der Waals surface area contributed by atoms with E-state index in [4.69, 9.17) is 16.3 Å². The van der Waals surface area contributed by atoms with Crippen LogP contribution in [0, 0.1) is 0 Å². The van der Waals surface area contributed by atoms with Crippen LogP contribution in [0.25, 0.3) is 0 Å². The van der Waals surface area contributed by atoms with Crippen molar-refractivity contribution in [3.05, 3.63) is 64.2 Å². The number of fused-ring (bicyclic) bond motifs is 1. The third-order valence-electron chi connectivity index (χ3n) is 4.49. The molecule has 3 N–H and O–H groups in total. The smallest absolute Gasteiger partial charge is 0.251 e. The number of benzene rings is 2. The van der Waals surface area contributed by atoms with E-state index in [1.165, 1.54) is 11.1 Å². The normalized spacial score (nSPS) is 12.9. The number of carbonyl (C=O) groups is 1. The van der Waals surface area contributed by atoms with Crippen LogP contribution >= 0.6 is 11.6 Å². The Kier molecular flexibility index (Phi) is 7.14. The fourth-order valence-electron chi connectivity index (χ4n) is 3.00. The largest absolute Gasteiger partial charge is 0.493 e. The molecule has 0 radical (unpaired) electrons. The molecule has 0 unspecified atom stereocenters. The number of halogens is 1. The summed E-state index contributed by atoms with van der Waals surface area (Å²) in [5.74, 6) is 1.60. The minimum atomic E-state index is -0.123. The lowest BCUT2D eigenvalue weighted by Gasteiger charge is -2.12. The average Bonchev–Trinajstić information content (AvgIpc) is 3.18. The van der Waals surface area contributed by atoms with Gasteiger partial charge in [0.05, 0.1) is 6.61 Å². The maximum absolute atomic E-state index is 12.0. The Morgan fingerprint density at radius 3 is 2.61 bits per heavy atom. The monoisotopic (exact) mass is 400 g/mol. The Morgan fingerprint density at radius 2 is 1.82 bits per heavy atom. The molecule has 28 heavy (non-hydrogen) atoms. The third-order valence-corrected chi connectivity index (χ3v) is 4.74. The van der Waals surface area contributed by atoms with Gasteiger partial charge in [0.1, 0.15) is 5.75 Å². The van der Waals surface area contributed by atoms with E-state index < -0.39 is 0 Å². The first-order valence-corrected chi connectivity index (χ1v) is 9.76. The molecular weight excluding hydrogens is 376 g/mol. The summed E-state index contributed by atoms with van der Waals surface area (Å²) in [6.07, 6.45) is 1.89. The van der Waals surface area contributed by atoms with E-state index in [0.717, 1.165) is 31.7 Å². The average molecular weight is 401 g/mol. The topological polar surface area (TPSA) is 74.8 Å². The summed E-state index contributed by atoms with van der Waals surface area (Å²) in [6.45, 7) is 2.63. The summed E-state index contributed by atoms with van der Waals surface area (Å²) in [5.41, 5.74) is 3.16. The van der Waals surface area contributed by atoms with Crippen LogP contribution in [-0.4, -0.2) is 45.2 Å². The number of hydrogen-bond donors (Lipinski definition) is 3. The van der Waals surface area contributed by atoms with Gasteiger partial charge in [0, 0.05) is 43.7 Å². The van der Waals surface area contributed by atoms with Crippen LogP contribution in [0.5, 0.6) is 5.75 Å². The van der Waals surface area contributed by atoms with Crippen LogP contribution in [0.4, 0.5) is 0 Å². The van der Waals surface area contributed by atoms with Gasteiger partial charge in [0.2, 0.25) is 0 Å². The van der Waals surface area contributed by atoms with Crippen molar-refractivity contribution in [2.75, 3.05) is 33.3 Å². The molecule has 0 fully saturated rings. The molecule has 6 nitrogen and oxygen atoms in total. The summed E-state index contributed by atoms with van der Waals surface area (Å²) < 4.78 is 5.54. The molecular formula is C21H25ClN4O2. The number of ether oxygens (including phenoxy) is 1. The van der Waals surface area contributed by atoms with Crippen molar-refractivity contribution in [2.45, 2.75) is 12.8 Å². The van der Waals surface area contributed by atoms with Crippen molar-refractivity contribution < 1.29 is 9.53 Å². The Bertz CT molecular complexity index is 837. The zero-order chi connectivity index (χ0) is 19.8. The quantitative estimate of drug-likeness (QED) is 0.379. The number of amides is 1. The van der Waals surface area contributed by atoms with E-state index in [1.54, 1.807) is 31.3 Å². The van der Waals surface area contributed by atoms with Gasteiger partial charge in [-0.05, 0) is 47.9 Å². The fourth-order valence-corrected chi connectivity index (χ4v) is 3.13. The van der Waals surface area contributed by atoms with Gasteiger partial charge in [-0.15, -0.1) is 0 Å². The molecule has 1 heterocycles. The van der Waals surface area contributed by atoms with Gasteiger partial charge in [-0.3, -0.25) is 9.79 Å². The highest BCUT2D eigenvalue weighted by molar-refractivity contribution is 6.30. The van der Waals surface area contributed by atoms with Gasteiger partial charge in [-0.25, -0.2) is 0 Å². The molecule has 7 heteroatoms. The Balaban J connectivity index is 1.34. The van der Waals surface area contributed by atoms with E-state index >= 15 is 0 Å². The highest BCUT2D eigenvalue weighted by atomic mass is 35.5. The summed E-state index contributed by atoms with van der Waals surface area (Å²) in [7, 11) is 1.73. The molecule has 1 aliphatic heterocycles. The van der Waals surface area contributed by atoms with Gasteiger partial charge in [-0.2, -0.15) is 0 Å². The van der Waals surface area contributed by atoms with Crippen LogP contribution in [0.2, 0.25) is 5.02 Å². The summed E-state index contributed by atoms with van der Waals surface area (Å²) in [6, 6.07) is 13.2. The molecule has 0 spiro atoms. The van der Waals surface area contributed by atoms with E-state index in [-0.39, 0.29) is 5.91 Å². The number of hydrogen-bond acceptors (Lipinski definition) is 3. The first-order valence-electron chi connectivity index (χ1n) is 9.38. The molecule has 3 rings (SSSR count). The lowest BCUT2D eigenvalue weighted by atomic mass is 10.1. The van der Waals surface area contributed by atoms with Gasteiger partial charge in [0.15, 0.2) is 5.96 Å². The van der Waals surface area contributed by atoms with Crippen molar-refractivity contribution in [3.8, 4) is 5.75 Å². The van der Waals surface area contributed by atoms with E-state index in [2.05, 4.69) is 33.1 Å². The number of rotatable bonds is 7. The second-order valence-corrected chi connectivity index (χ2v) is 6.92. The van der Waals surface area contributed by atoms with Crippen LogP contribution in [0.15, 0.2) is 47.5 Å². The molecule has 0 saturated heterocycles. The summed E-state index contributed by atoms with van der Waals surface area (Å²) >= 11 is 5.83.